The van der Waals surface area contributed by atoms with Crippen LogP contribution in [0, 0.1) is 11.8 Å². The van der Waals surface area contributed by atoms with Crippen LogP contribution in [0.25, 0.3) is 11.1 Å². The first kappa shape index (κ1) is 12.9. The summed E-state index contributed by atoms with van der Waals surface area (Å²) < 4.78 is 5.30. The van der Waals surface area contributed by atoms with Crippen molar-refractivity contribution < 1.29 is 4.42 Å². The molecule has 0 amide bonds. The molecule has 2 rings (SSSR count). The third-order valence-electron chi connectivity index (χ3n) is 3.31. The summed E-state index contributed by atoms with van der Waals surface area (Å²) in [7, 11) is 2.00. The second-order valence-corrected chi connectivity index (χ2v) is 4.98. The molecule has 1 aromatic heterocycles. The molecule has 0 spiro atoms. The van der Waals surface area contributed by atoms with Crippen molar-refractivity contribution in [2.24, 2.45) is 11.8 Å². The number of aromatic nitrogens is 1. The van der Waals surface area contributed by atoms with E-state index in [0.29, 0.717) is 11.8 Å². The summed E-state index contributed by atoms with van der Waals surface area (Å²) >= 11 is 0. The standard InChI is InChI=1S/C14H21N3O/c1-10(2)11(7-15-3)8-16-12-4-5-13-14(6-12)18-9-17-13/h4-6,9-11,15-16H,7-8H2,1-3H3. The Kier molecular flexibility index (Phi) is 4.20. The topological polar surface area (TPSA) is 50.1 Å². The third-order valence-corrected chi connectivity index (χ3v) is 3.31. The predicted octanol–water partition coefficient (Wildman–Crippen LogP) is 2.73. The van der Waals surface area contributed by atoms with Gasteiger partial charge >= 0.3 is 0 Å². The van der Waals surface area contributed by atoms with Gasteiger partial charge < -0.3 is 15.1 Å². The Balaban J connectivity index is 1.99. The van der Waals surface area contributed by atoms with Gasteiger partial charge in [-0.2, -0.15) is 0 Å². The van der Waals surface area contributed by atoms with Crippen molar-refractivity contribution in [2.75, 3.05) is 25.5 Å². The van der Waals surface area contributed by atoms with Gasteiger partial charge in [-0.05, 0) is 37.6 Å². The van der Waals surface area contributed by atoms with Gasteiger partial charge in [0.1, 0.15) is 5.52 Å². The van der Waals surface area contributed by atoms with E-state index >= 15 is 0 Å². The summed E-state index contributed by atoms with van der Waals surface area (Å²) in [5.41, 5.74) is 2.81. The molecule has 0 aliphatic rings. The second kappa shape index (κ2) is 5.87. The van der Waals surface area contributed by atoms with E-state index in [1.807, 2.05) is 25.2 Å². The van der Waals surface area contributed by atoms with E-state index in [0.717, 1.165) is 29.9 Å². The number of hydrogen-bond acceptors (Lipinski definition) is 4. The summed E-state index contributed by atoms with van der Waals surface area (Å²) in [6.07, 6.45) is 1.48. The molecular weight excluding hydrogens is 226 g/mol. The zero-order valence-corrected chi connectivity index (χ0v) is 11.2. The number of fused-ring (bicyclic) bond motifs is 1. The molecule has 2 N–H and O–H groups in total. The first-order chi connectivity index (χ1) is 8.70. The molecule has 18 heavy (non-hydrogen) atoms. The van der Waals surface area contributed by atoms with Crippen LogP contribution < -0.4 is 10.6 Å². The lowest BCUT2D eigenvalue weighted by atomic mass is 9.95. The van der Waals surface area contributed by atoms with Gasteiger partial charge in [0.25, 0.3) is 0 Å². The molecule has 4 heteroatoms. The molecule has 1 unspecified atom stereocenters. The quantitative estimate of drug-likeness (QED) is 0.824. The molecule has 0 bridgehead atoms. The summed E-state index contributed by atoms with van der Waals surface area (Å²) in [5.74, 6) is 1.26. The Hall–Kier alpha value is -1.55. The fraction of sp³-hybridized carbons (Fsp3) is 0.500. The Morgan fingerprint density at radius 3 is 2.83 bits per heavy atom. The molecule has 1 atom stereocenters. The van der Waals surface area contributed by atoms with Crippen LogP contribution >= 0.6 is 0 Å². The lowest BCUT2D eigenvalue weighted by Gasteiger charge is -2.21. The van der Waals surface area contributed by atoms with Crippen molar-refractivity contribution in [3.8, 4) is 0 Å². The van der Waals surface area contributed by atoms with Crippen LogP contribution in [-0.2, 0) is 0 Å². The van der Waals surface area contributed by atoms with Gasteiger partial charge in [-0.3, -0.25) is 0 Å². The van der Waals surface area contributed by atoms with Crippen molar-refractivity contribution in [2.45, 2.75) is 13.8 Å². The van der Waals surface area contributed by atoms with Crippen molar-refractivity contribution in [3.63, 3.8) is 0 Å². The minimum atomic E-state index is 0.612. The lowest BCUT2D eigenvalue weighted by molar-refractivity contribution is 0.390. The van der Waals surface area contributed by atoms with Gasteiger partial charge in [-0.1, -0.05) is 13.8 Å². The largest absolute Gasteiger partial charge is 0.443 e. The summed E-state index contributed by atoms with van der Waals surface area (Å²) in [5, 5.41) is 6.71. The number of benzene rings is 1. The van der Waals surface area contributed by atoms with Gasteiger partial charge in [0.2, 0.25) is 0 Å². The molecule has 0 aliphatic heterocycles. The summed E-state index contributed by atoms with van der Waals surface area (Å²) in [6, 6.07) is 6.02. The number of hydrogen-bond donors (Lipinski definition) is 2. The van der Waals surface area contributed by atoms with E-state index in [1.54, 1.807) is 0 Å². The molecule has 1 aromatic carbocycles. The average Bonchev–Trinajstić information content (AvgIpc) is 2.81. The predicted molar refractivity (Wildman–Crippen MR) is 74.8 cm³/mol. The number of oxazole rings is 1. The normalized spacial score (nSPS) is 13.1. The van der Waals surface area contributed by atoms with E-state index in [9.17, 15) is 0 Å². The van der Waals surface area contributed by atoms with Gasteiger partial charge in [-0.15, -0.1) is 0 Å². The van der Waals surface area contributed by atoms with Gasteiger partial charge in [0, 0.05) is 18.3 Å². The number of anilines is 1. The fourth-order valence-electron chi connectivity index (χ4n) is 2.02. The third kappa shape index (κ3) is 3.01. The maximum atomic E-state index is 5.30. The van der Waals surface area contributed by atoms with E-state index in [4.69, 9.17) is 4.42 Å². The van der Waals surface area contributed by atoms with Crippen LogP contribution in [-0.4, -0.2) is 25.1 Å². The van der Waals surface area contributed by atoms with Gasteiger partial charge in [0.15, 0.2) is 12.0 Å². The fourth-order valence-corrected chi connectivity index (χ4v) is 2.02. The second-order valence-electron chi connectivity index (χ2n) is 4.98. The van der Waals surface area contributed by atoms with Crippen molar-refractivity contribution in [1.29, 1.82) is 0 Å². The smallest absolute Gasteiger partial charge is 0.181 e. The van der Waals surface area contributed by atoms with Crippen molar-refractivity contribution in [1.82, 2.24) is 10.3 Å². The Bertz CT molecular complexity index is 492. The minimum Gasteiger partial charge on any atom is -0.443 e. The molecule has 0 aliphatic carbocycles. The monoisotopic (exact) mass is 247 g/mol. The molecule has 0 fully saturated rings. The van der Waals surface area contributed by atoms with E-state index in [1.165, 1.54) is 6.39 Å². The average molecular weight is 247 g/mol. The number of nitrogens with zero attached hydrogens (tertiary/aromatic N) is 1. The molecule has 0 saturated carbocycles. The lowest BCUT2D eigenvalue weighted by Crippen LogP contribution is -2.29. The van der Waals surface area contributed by atoms with Crippen molar-refractivity contribution in [3.05, 3.63) is 24.6 Å². The molecule has 98 valence electrons. The van der Waals surface area contributed by atoms with E-state index in [2.05, 4.69) is 29.5 Å². The van der Waals surface area contributed by atoms with Crippen LogP contribution in [0.5, 0.6) is 0 Å². The van der Waals surface area contributed by atoms with Crippen LogP contribution in [0.2, 0.25) is 0 Å². The molecule has 1 heterocycles. The molecule has 4 nitrogen and oxygen atoms in total. The van der Waals surface area contributed by atoms with Crippen LogP contribution in [0.3, 0.4) is 0 Å². The van der Waals surface area contributed by atoms with Gasteiger partial charge in [0.05, 0.1) is 0 Å². The van der Waals surface area contributed by atoms with Crippen molar-refractivity contribution >= 4 is 16.8 Å². The van der Waals surface area contributed by atoms with Gasteiger partial charge in [-0.25, -0.2) is 4.98 Å². The zero-order valence-electron chi connectivity index (χ0n) is 11.2. The van der Waals surface area contributed by atoms with E-state index in [-0.39, 0.29) is 0 Å². The Morgan fingerprint density at radius 2 is 2.11 bits per heavy atom. The van der Waals surface area contributed by atoms with E-state index < -0.39 is 0 Å². The Labute approximate surface area is 108 Å². The highest BCUT2D eigenvalue weighted by Gasteiger charge is 2.12. The highest BCUT2D eigenvalue weighted by Crippen LogP contribution is 2.19. The zero-order chi connectivity index (χ0) is 13.0. The number of rotatable bonds is 6. The Morgan fingerprint density at radius 1 is 1.28 bits per heavy atom. The molecule has 2 aromatic rings. The van der Waals surface area contributed by atoms with Crippen LogP contribution in [0.4, 0.5) is 5.69 Å². The van der Waals surface area contributed by atoms with Crippen LogP contribution in [0.1, 0.15) is 13.8 Å². The summed E-state index contributed by atoms with van der Waals surface area (Å²) in [6.45, 7) is 6.49. The first-order valence-corrected chi connectivity index (χ1v) is 6.42. The maximum Gasteiger partial charge on any atom is 0.181 e. The molecular formula is C14H21N3O. The SMILES string of the molecule is CNCC(CNc1ccc2ncoc2c1)C(C)C. The highest BCUT2D eigenvalue weighted by molar-refractivity contribution is 5.76. The maximum absolute atomic E-state index is 5.30. The number of nitrogens with one attached hydrogen (secondary N) is 2. The minimum absolute atomic E-state index is 0.612. The summed E-state index contributed by atoms with van der Waals surface area (Å²) in [4.78, 5) is 4.11. The molecule has 0 saturated heterocycles. The molecule has 0 radical (unpaired) electrons. The van der Waals surface area contributed by atoms with Crippen LogP contribution in [0.15, 0.2) is 29.0 Å². The first-order valence-electron chi connectivity index (χ1n) is 6.42. The highest BCUT2D eigenvalue weighted by atomic mass is 16.3.